The molecule has 0 radical (unpaired) electrons. The number of ether oxygens (including phenoxy) is 1. The minimum absolute atomic E-state index is 0.526. The molecule has 1 saturated heterocycles. The second-order valence-electron chi connectivity index (χ2n) is 6.76. The Kier molecular flexibility index (Phi) is 8.79. The van der Waals surface area contributed by atoms with Gasteiger partial charge in [0.15, 0.2) is 0 Å². The van der Waals surface area contributed by atoms with Crippen molar-refractivity contribution in [2.24, 2.45) is 17.8 Å². The van der Waals surface area contributed by atoms with Crippen molar-refractivity contribution in [2.45, 2.75) is 72.3 Å². The van der Waals surface area contributed by atoms with E-state index in [1.54, 1.807) is 0 Å². The summed E-state index contributed by atoms with van der Waals surface area (Å²) in [5.41, 5.74) is 0. The van der Waals surface area contributed by atoms with Crippen molar-refractivity contribution in [3.63, 3.8) is 0 Å². The average Bonchev–Trinajstić information content (AvgIpc) is 2.50. The minimum Gasteiger partial charge on any atom is -0.381 e. The van der Waals surface area contributed by atoms with Crippen molar-refractivity contribution in [3.8, 4) is 0 Å². The molecule has 1 saturated carbocycles. The van der Waals surface area contributed by atoms with Crippen LogP contribution in [0.5, 0.6) is 0 Å². The molecule has 120 valence electrons. The number of methoxy groups -OCH3 is 1. The zero-order chi connectivity index (χ0) is 15.0. The van der Waals surface area contributed by atoms with Crippen molar-refractivity contribution < 1.29 is 4.74 Å². The second kappa shape index (κ2) is 9.78. The molecule has 0 N–H and O–H groups in total. The van der Waals surface area contributed by atoms with Crippen LogP contribution in [-0.2, 0) is 4.74 Å². The molecule has 1 aliphatic carbocycles. The molecule has 20 heavy (non-hydrogen) atoms. The van der Waals surface area contributed by atoms with Crippen molar-refractivity contribution in [2.75, 3.05) is 26.7 Å². The van der Waals surface area contributed by atoms with Crippen LogP contribution >= 0.6 is 0 Å². The van der Waals surface area contributed by atoms with Crippen LogP contribution in [-0.4, -0.2) is 37.7 Å². The summed E-state index contributed by atoms with van der Waals surface area (Å²) in [6, 6.07) is 0. The molecule has 1 aliphatic heterocycles. The van der Waals surface area contributed by atoms with Crippen LogP contribution in [0.1, 0.15) is 66.2 Å². The highest BCUT2D eigenvalue weighted by molar-refractivity contribution is 4.79. The maximum atomic E-state index is 5.44. The summed E-state index contributed by atoms with van der Waals surface area (Å²) in [7, 11) is 1.85. The lowest BCUT2D eigenvalue weighted by Crippen LogP contribution is -2.40. The number of likely N-dealkylation sites (tertiary alicyclic amines) is 1. The van der Waals surface area contributed by atoms with Gasteiger partial charge in [-0.25, -0.2) is 0 Å². The number of rotatable bonds is 4. The maximum Gasteiger partial charge on any atom is 0.0595 e. The Morgan fingerprint density at radius 3 is 1.95 bits per heavy atom. The Labute approximate surface area is 127 Å². The minimum atomic E-state index is 0.526. The van der Waals surface area contributed by atoms with Crippen LogP contribution in [0.25, 0.3) is 0 Å². The highest BCUT2D eigenvalue weighted by Crippen LogP contribution is 2.33. The molecule has 2 fully saturated rings. The largest absolute Gasteiger partial charge is 0.381 e. The fourth-order valence-corrected chi connectivity index (χ4v) is 3.73. The van der Waals surface area contributed by atoms with Gasteiger partial charge in [0.25, 0.3) is 0 Å². The number of hydrogen-bond donors (Lipinski definition) is 0. The van der Waals surface area contributed by atoms with Gasteiger partial charge in [-0.3, -0.25) is 0 Å². The summed E-state index contributed by atoms with van der Waals surface area (Å²) in [5, 5.41) is 0. The summed E-state index contributed by atoms with van der Waals surface area (Å²) < 4.78 is 5.44. The molecule has 2 rings (SSSR count). The quantitative estimate of drug-likeness (QED) is 0.748. The van der Waals surface area contributed by atoms with Gasteiger partial charge in [-0.1, -0.05) is 27.7 Å². The summed E-state index contributed by atoms with van der Waals surface area (Å²) in [6.07, 6.45) is 8.86. The molecule has 0 bridgehead atoms. The van der Waals surface area contributed by atoms with E-state index in [0.717, 1.165) is 17.8 Å². The molecule has 2 aliphatic rings. The normalized spacial score (nSPS) is 29.1. The lowest BCUT2D eigenvalue weighted by molar-refractivity contribution is 0.0330. The fourth-order valence-electron chi connectivity index (χ4n) is 3.73. The van der Waals surface area contributed by atoms with E-state index in [0.29, 0.717) is 6.10 Å². The first-order valence-corrected chi connectivity index (χ1v) is 8.94. The third-order valence-corrected chi connectivity index (χ3v) is 5.22. The number of nitrogens with zero attached hydrogens (tertiary/aromatic N) is 1. The zero-order valence-corrected chi connectivity index (χ0v) is 14.5. The van der Waals surface area contributed by atoms with Crippen LogP contribution in [0.2, 0.25) is 0 Å². The summed E-state index contributed by atoms with van der Waals surface area (Å²) in [4.78, 5) is 2.68. The third kappa shape index (κ3) is 5.73. The summed E-state index contributed by atoms with van der Waals surface area (Å²) in [5.74, 6) is 2.86. The molecule has 0 aromatic rings. The molecule has 0 spiro atoms. The molecule has 0 amide bonds. The summed E-state index contributed by atoms with van der Waals surface area (Å²) in [6.45, 7) is 12.6. The Morgan fingerprint density at radius 2 is 1.50 bits per heavy atom. The molecule has 1 heterocycles. The van der Waals surface area contributed by atoms with E-state index in [4.69, 9.17) is 4.74 Å². The van der Waals surface area contributed by atoms with Crippen molar-refractivity contribution >= 4 is 0 Å². The molecule has 2 nitrogen and oxygen atoms in total. The Bertz CT molecular complexity index is 226. The third-order valence-electron chi connectivity index (χ3n) is 5.22. The van der Waals surface area contributed by atoms with Crippen LogP contribution in [0.4, 0.5) is 0 Å². The van der Waals surface area contributed by atoms with E-state index < -0.39 is 0 Å². The van der Waals surface area contributed by atoms with E-state index >= 15 is 0 Å². The SMILES string of the molecule is CC.COC1CCN(CC2CCC(C(C)C)CC2)CC1. The maximum absolute atomic E-state index is 5.44. The topological polar surface area (TPSA) is 12.5 Å². The first-order chi connectivity index (χ1) is 9.69. The van der Waals surface area contributed by atoms with Crippen molar-refractivity contribution in [1.82, 2.24) is 4.90 Å². The van der Waals surface area contributed by atoms with Crippen molar-refractivity contribution in [3.05, 3.63) is 0 Å². The lowest BCUT2D eigenvalue weighted by atomic mass is 9.77. The van der Waals surface area contributed by atoms with Gasteiger partial charge < -0.3 is 9.64 Å². The molecule has 2 heteroatoms. The molecule has 0 aromatic heterocycles. The first-order valence-electron chi connectivity index (χ1n) is 8.94. The lowest BCUT2D eigenvalue weighted by Gasteiger charge is -2.37. The van der Waals surface area contributed by atoms with Gasteiger partial charge in [-0.15, -0.1) is 0 Å². The van der Waals surface area contributed by atoms with Crippen LogP contribution in [0.3, 0.4) is 0 Å². The van der Waals surface area contributed by atoms with E-state index in [1.165, 1.54) is 58.2 Å². The van der Waals surface area contributed by atoms with Crippen LogP contribution in [0, 0.1) is 17.8 Å². The highest BCUT2D eigenvalue weighted by Gasteiger charge is 2.26. The first kappa shape index (κ1) is 18.0. The van der Waals surface area contributed by atoms with Crippen LogP contribution in [0.15, 0.2) is 0 Å². The van der Waals surface area contributed by atoms with E-state index in [2.05, 4.69) is 18.7 Å². The summed E-state index contributed by atoms with van der Waals surface area (Å²) >= 11 is 0. The van der Waals surface area contributed by atoms with Crippen molar-refractivity contribution in [1.29, 1.82) is 0 Å². The van der Waals surface area contributed by atoms with Gasteiger partial charge in [0, 0.05) is 26.7 Å². The monoisotopic (exact) mass is 283 g/mol. The van der Waals surface area contributed by atoms with E-state index in [1.807, 2.05) is 21.0 Å². The Balaban J connectivity index is 0.000000956. The highest BCUT2D eigenvalue weighted by atomic mass is 16.5. The van der Waals surface area contributed by atoms with Gasteiger partial charge in [-0.2, -0.15) is 0 Å². The zero-order valence-electron chi connectivity index (χ0n) is 14.5. The average molecular weight is 284 g/mol. The molecular formula is C18H37NO. The second-order valence-corrected chi connectivity index (χ2v) is 6.76. The van der Waals surface area contributed by atoms with Crippen LogP contribution < -0.4 is 0 Å². The molecule has 0 aromatic carbocycles. The van der Waals surface area contributed by atoms with E-state index in [9.17, 15) is 0 Å². The molecule has 0 unspecified atom stereocenters. The van der Waals surface area contributed by atoms with Gasteiger partial charge in [0.1, 0.15) is 0 Å². The van der Waals surface area contributed by atoms with Gasteiger partial charge in [-0.05, 0) is 56.3 Å². The fraction of sp³-hybridized carbons (Fsp3) is 1.00. The number of piperidine rings is 1. The Morgan fingerprint density at radius 1 is 0.950 bits per heavy atom. The van der Waals surface area contributed by atoms with Gasteiger partial charge >= 0.3 is 0 Å². The predicted molar refractivity (Wildman–Crippen MR) is 88.1 cm³/mol. The molecular weight excluding hydrogens is 246 g/mol. The molecule has 0 atom stereocenters. The van der Waals surface area contributed by atoms with Gasteiger partial charge in [0.2, 0.25) is 0 Å². The van der Waals surface area contributed by atoms with Gasteiger partial charge in [0.05, 0.1) is 6.10 Å². The smallest absolute Gasteiger partial charge is 0.0595 e. The predicted octanol–water partition coefficient (Wildman–Crippen LogP) is 4.59. The van der Waals surface area contributed by atoms with E-state index in [-0.39, 0.29) is 0 Å². The number of hydrogen-bond acceptors (Lipinski definition) is 2. The standard InChI is InChI=1S/C16H31NO.C2H6/c1-13(2)15-6-4-14(5-7-15)12-17-10-8-16(18-3)9-11-17;1-2/h13-16H,4-12H2,1-3H3;1-2H3. The Hall–Kier alpha value is -0.0800.